The molecule has 7 nitrogen and oxygen atoms in total. The van der Waals surface area contributed by atoms with Crippen LogP contribution in [-0.4, -0.2) is 30.3 Å². The lowest BCUT2D eigenvalue weighted by Crippen LogP contribution is -2.15. The molecule has 124 valence electrons. The van der Waals surface area contributed by atoms with E-state index in [1.807, 2.05) is 18.2 Å². The number of fused-ring (bicyclic) bond motifs is 1. The van der Waals surface area contributed by atoms with Crippen LogP contribution in [-0.2, 0) is 7.05 Å². The lowest BCUT2D eigenvalue weighted by atomic mass is 10.2. The van der Waals surface area contributed by atoms with E-state index < -0.39 is 0 Å². The first-order valence-electron chi connectivity index (χ1n) is 7.52. The second kappa shape index (κ2) is 6.03. The molecule has 0 radical (unpaired) electrons. The molecule has 8 heteroatoms. The van der Waals surface area contributed by atoms with Gasteiger partial charge in [0.05, 0.1) is 11.9 Å². The Balaban J connectivity index is 1.70. The Morgan fingerprint density at radius 1 is 1.16 bits per heavy atom. The van der Waals surface area contributed by atoms with Crippen molar-refractivity contribution in [1.82, 2.24) is 24.4 Å². The minimum absolute atomic E-state index is 0.322. The monoisotopic (exact) mass is 352 g/mol. The highest BCUT2D eigenvalue weighted by Crippen LogP contribution is 2.23. The van der Waals surface area contributed by atoms with Gasteiger partial charge in [-0.3, -0.25) is 9.48 Å². The molecule has 4 aromatic rings. The van der Waals surface area contributed by atoms with Crippen LogP contribution in [0.25, 0.3) is 16.9 Å². The molecule has 0 bridgehead atoms. The number of nitrogens with one attached hydrogen (secondary N) is 1. The number of carbonyl (C=O) groups excluding carboxylic acids is 1. The molecule has 1 aromatic carbocycles. The smallest absolute Gasteiger partial charge is 0.277 e. The fourth-order valence-electron chi connectivity index (χ4n) is 2.50. The van der Waals surface area contributed by atoms with E-state index in [2.05, 4.69) is 20.5 Å². The fourth-order valence-corrected chi connectivity index (χ4v) is 2.69. The molecule has 0 saturated carbocycles. The first-order chi connectivity index (χ1) is 12.1. The van der Waals surface area contributed by atoms with E-state index in [1.54, 1.807) is 52.9 Å². The van der Waals surface area contributed by atoms with E-state index in [9.17, 15) is 4.79 Å². The SMILES string of the molecule is Cn1ccc(C(=O)Nc2ccc3ncc(-c4cccc(Cl)c4)n3n2)n1. The van der Waals surface area contributed by atoms with Crippen LogP contribution in [0, 0.1) is 0 Å². The summed E-state index contributed by atoms with van der Waals surface area (Å²) in [5.41, 5.74) is 2.67. The molecule has 0 aliphatic rings. The van der Waals surface area contributed by atoms with Crippen LogP contribution in [0.5, 0.6) is 0 Å². The lowest BCUT2D eigenvalue weighted by Gasteiger charge is -2.05. The number of aryl methyl sites for hydroxylation is 1. The number of benzene rings is 1. The number of hydrogen-bond acceptors (Lipinski definition) is 4. The van der Waals surface area contributed by atoms with Crippen LogP contribution in [0.3, 0.4) is 0 Å². The molecule has 4 rings (SSSR count). The molecule has 0 saturated heterocycles. The molecule has 3 aromatic heterocycles. The minimum Gasteiger partial charge on any atom is -0.304 e. The summed E-state index contributed by atoms with van der Waals surface area (Å²) >= 11 is 6.07. The van der Waals surface area contributed by atoms with Crippen LogP contribution in [0.2, 0.25) is 5.02 Å². The van der Waals surface area contributed by atoms with E-state index in [-0.39, 0.29) is 5.91 Å². The first kappa shape index (κ1) is 15.3. The quantitative estimate of drug-likeness (QED) is 0.614. The van der Waals surface area contributed by atoms with Crippen LogP contribution in [0.15, 0.2) is 54.9 Å². The van der Waals surface area contributed by atoms with E-state index in [0.717, 1.165) is 11.3 Å². The fraction of sp³-hybridized carbons (Fsp3) is 0.0588. The van der Waals surface area contributed by atoms with Gasteiger partial charge in [0, 0.05) is 23.8 Å². The number of imidazole rings is 1. The van der Waals surface area contributed by atoms with Crippen molar-refractivity contribution in [3.63, 3.8) is 0 Å². The van der Waals surface area contributed by atoms with Gasteiger partial charge in [0.1, 0.15) is 0 Å². The van der Waals surface area contributed by atoms with Gasteiger partial charge in [-0.2, -0.15) is 5.10 Å². The Hall–Kier alpha value is -3.19. The number of aromatic nitrogens is 5. The molecule has 0 aliphatic heterocycles. The highest BCUT2D eigenvalue weighted by atomic mass is 35.5. The molecular formula is C17H13ClN6O. The standard InChI is InChI=1S/C17H13ClN6O/c1-23-8-7-13(21-23)17(25)20-15-5-6-16-19-10-14(24(16)22-15)11-3-2-4-12(18)9-11/h2-10H,1H3,(H,20,22,25). The van der Waals surface area contributed by atoms with Crippen LogP contribution in [0.1, 0.15) is 10.5 Å². The van der Waals surface area contributed by atoms with E-state index in [4.69, 9.17) is 11.6 Å². The molecule has 0 aliphatic carbocycles. The van der Waals surface area contributed by atoms with E-state index in [0.29, 0.717) is 22.2 Å². The summed E-state index contributed by atoms with van der Waals surface area (Å²) in [7, 11) is 1.75. The molecule has 0 spiro atoms. The molecule has 0 fully saturated rings. The summed E-state index contributed by atoms with van der Waals surface area (Å²) in [6, 6.07) is 12.6. The molecule has 0 atom stereocenters. The summed E-state index contributed by atoms with van der Waals surface area (Å²) in [5.74, 6) is 0.0845. The van der Waals surface area contributed by atoms with Gasteiger partial charge < -0.3 is 5.32 Å². The van der Waals surface area contributed by atoms with Crippen molar-refractivity contribution < 1.29 is 4.79 Å². The zero-order valence-corrected chi connectivity index (χ0v) is 14.0. The molecule has 1 amide bonds. The van der Waals surface area contributed by atoms with E-state index >= 15 is 0 Å². The largest absolute Gasteiger partial charge is 0.304 e. The summed E-state index contributed by atoms with van der Waals surface area (Å²) in [4.78, 5) is 16.6. The van der Waals surface area contributed by atoms with Gasteiger partial charge in [0.15, 0.2) is 17.2 Å². The van der Waals surface area contributed by atoms with Gasteiger partial charge in [0.25, 0.3) is 5.91 Å². The Morgan fingerprint density at radius 2 is 2.04 bits per heavy atom. The molecule has 0 unspecified atom stereocenters. The van der Waals surface area contributed by atoms with Crippen molar-refractivity contribution in [3.05, 3.63) is 65.6 Å². The van der Waals surface area contributed by atoms with Crippen molar-refractivity contribution in [2.45, 2.75) is 0 Å². The van der Waals surface area contributed by atoms with Crippen LogP contribution >= 0.6 is 11.6 Å². The van der Waals surface area contributed by atoms with Gasteiger partial charge in [0.2, 0.25) is 0 Å². The zero-order chi connectivity index (χ0) is 17.4. The number of rotatable bonds is 3. The predicted molar refractivity (Wildman–Crippen MR) is 94.6 cm³/mol. The summed E-state index contributed by atoms with van der Waals surface area (Å²) < 4.78 is 3.23. The molecular weight excluding hydrogens is 340 g/mol. The highest BCUT2D eigenvalue weighted by molar-refractivity contribution is 6.30. The van der Waals surface area contributed by atoms with E-state index in [1.165, 1.54) is 0 Å². The first-order valence-corrected chi connectivity index (χ1v) is 7.90. The number of amides is 1. The van der Waals surface area contributed by atoms with Crippen molar-refractivity contribution in [2.75, 3.05) is 5.32 Å². The Kier molecular flexibility index (Phi) is 3.70. The maximum atomic E-state index is 12.2. The topological polar surface area (TPSA) is 77.1 Å². The summed E-state index contributed by atoms with van der Waals surface area (Å²) in [6.07, 6.45) is 3.43. The normalized spacial score (nSPS) is 11.0. The Labute approximate surface area is 147 Å². The maximum Gasteiger partial charge on any atom is 0.277 e. The number of hydrogen-bond donors (Lipinski definition) is 1. The van der Waals surface area contributed by atoms with Crippen LogP contribution in [0.4, 0.5) is 5.82 Å². The lowest BCUT2D eigenvalue weighted by molar-refractivity contribution is 0.102. The van der Waals surface area contributed by atoms with Gasteiger partial charge >= 0.3 is 0 Å². The summed E-state index contributed by atoms with van der Waals surface area (Å²) in [6.45, 7) is 0. The van der Waals surface area contributed by atoms with Crippen molar-refractivity contribution >= 4 is 29.0 Å². The van der Waals surface area contributed by atoms with Crippen molar-refractivity contribution in [2.24, 2.45) is 7.05 Å². The molecule has 3 heterocycles. The second-order valence-corrected chi connectivity index (χ2v) is 5.91. The number of anilines is 1. The number of nitrogens with zero attached hydrogens (tertiary/aromatic N) is 5. The third-order valence-electron chi connectivity index (χ3n) is 3.67. The summed E-state index contributed by atoms with van der Waals surface area (Å²) in [5, 5.41) is 11.9. The third kappa shape index (κ3) is 2.97. The Bertz CT molecular complexity index is 1080. The van der Waals surface area contributed by atoms with Gasteiger partial charge in [-0.25, -0.2) is 9.50 Å². The highest BCUT2D eigenvalue weighted by Gasteiger charge is 2.12. The zero-order valence-electron chi connectivity index (χ0n) is 13.2. The second-order valence-electron chi connectivity index (χ2n) is 5.47. The average Bonchev–Trinajstić information content (AvgIpc) is 3.21. The molecule has 1 N–H and O–H groups in total. The van der Waals surface area contributed by atoms with Crippen LogP contribution < -0.4 is 5.32 Å². The molecule has 25 heavy (non-hydrogen) atoms. The Morgan fingerprint density at radius 3 is 2.80 bits per heavy atom. The average molecular weight is 353 g/mol. The number of carbonyl (C=O) groups is 1. The van der Waals surface area contributed by atoms with Crippen molar-refractivity contribution in [3.8, 4) is 11.3 Å². The van der Waals surface area contributed by atoms with Gasteiger partial charge in [-0.1, -0.05) is 23.7 Å². The minimum atomic E-state index is -0.322. The maximum absolute atomic E-state index is 12.2. The third-order valence-corrected chi connectivity index (χ3v) is 3.91. The van der Waals surface area contributed by atoms with Crippen molar-refractivity contribution in [1.29, 1.82) is 0 Å². The predicted octanol–water partition coefficient (Wildman–Crippen LogP) is 3.04. The number of halogens is 1. The van der Waals surface area contributed by atoms with Gasteiger partial charge in [-0.05, 0) is 30.3 Å². The van der Waals surface area contributed by atoms with Gasteiger partial charge in [-0.15, -0.1) is 5.10 Å².